The maximum absolute atomic E-state index is 13.4. The zero-order chi connectivity index (χ0) is 33.7. The lowest BCUT2D eigenvalue weighted by atomic mass is 10.1. The molecule has 4 aromatic carbocycles. The van der Waals surface area contributed by atoms with Gasteiger partial charge in [0.15, 0.2) is 11.5 Å². The van der Waals surface area contributed by atoms with Gasteiger partial charge in [0.25, 0.3) is 5.91 Å². The number of nitrogens with zero attached hydrogens (tertiary/aromatic N) is 4. The van der Waals surface area contributed by atoms with Gasteiger partial charge in [0.1, 0.15) is 29.3 Å². The number of carbonyl (C=O) groups excluding carboxylic acids is 1. The van der Waals surface area contributed by atoms with Crippen molar-refractivity contribution in [3.05, 3.63) is 156 Å². The highest BCUT2D eigenvalue weighted by Gasteiger charge is 2.21. The highest BCUT2D eigenvalue weighted by atomic mass is 16.5. The Hall–Kier alpha value is -6.81. The lowest BCUT2D eigenvalue weighted by Gasteiger charge is -2.15. The summed E-state index contributed by atoms with van der Waals surface area (Å²) < 4.78 is 7.85. The number of carboxylic acids is 1. The molecule has 4 N–H and O–H groups in total. The molecule has 0 spiro atoms. The quantitative estimate of drug-likeness (QED) is 0.145. The zero-order valence-corrected chi connectivity index (χ0v) is 26.2. The predicted molar refractivity (Wildman–Crippen MR) is 187 cm³/mol. The van der Waals surface area contributed by atoms with Gasteiger partial charge in [-0.2, -0.15) is 0 Å². The summed E-state index contributed by atoms with van der Waals surface area (Å²) in [5, 5.41) is 12.7. The number of pyridine rings is 2. The summed E-state index contributed by atoms with van der Waals surface area (Å²) in [7, 11) is 0. The van der Waals surface area contributed by atoms with Crippen LogP contribution in [0.15, 0.2) is 134 Å². The third-order valence-electron chi connectivity index (χ3n) is 8.02. The summed E-state index contributed by atoms with van der Waals surface area (Å²) in [5.74, 6) is -0.675. The van der Waals surface area contributed by atoms with E-state index in [9.17, 15) is 14.7 Å². The van der Waals surface area contributed by atoms with Crippen molar-refractivity contribution in [2.75, 3.05) is 5.73 Å². The Bertz CT molecular complexity index is 2290. The van der Waals surface area contributed by atoms with Crippen LogP contribution in [-0.2, 0) is 13.2 Å². The van der Waals surface area contributed by atoms with E-state index in [-0.39, 0.29) is 30.0 Å². The van der Waals surface area contributed by atoms with Crippen LogP contribution in [0.4, 0.5) is 5.82 Å². The third-order valence-corrected chi connectivity index (χ3v) is 8.02. The third kappa shape index (κ3) is 6.43. The lowest BCUT2D eigenvalue weighted by Crippen LogP contribution is -2.24. The van der Waals surface area contributed by atoms with Gasteiger partial charge in [0.2, 0.25) is 0 Å². The number of carboxylic acid groups (broad SMARTS) is 1. The van der Waals surface area contributed by atoms with Crippen LogP contribution in [0.2, 0.25) is 0 Å². The van der Waals surface area contributed by atoms with Crippen LogP contribution in [-0.4, -0.2) is 36.5 Å². The number of nitrogens with two attached hydrogens (primary N) is 1. The summed E-state index contributed by atoms with van der Waals surface area (Å²) in [6.07, 6.45) is 1.64. The molecule has 240 valence electrons. The molecule has 1 amide bonds. The molecule has 7 rings (SSSR count). The fraction of sp³-hybridized carbons (Fsp3) is 0.0513. The molecule has 0 saturated carbocycles. The summed E-state index contributed by atoms with van der Waals surface area (Å²) >= 11 is 0. The van der Waals surface area contributed by atoms with Gasteiger partial charge in [0, 0.05) is 24.0 Å². The number of para-hydroxylation sites is 1. The Kier molecular flexibility index (Phi) is 8.49. The smallest absolute Gasteiger partial charge is 0.339 e. The first-order valence-electron chi connectivity index (χ1n) is 15.5. The standard InChI is InChI=1S/C39H30N6O4/c40-35-31(15-8-22-41-35)36-44-33-21-20-32(27-11-5-2-6-12-27)43-37(33)45(36)28-18-16-25(17-19-28)23-42-38(46)29-13-7-14-30(39(47)48)34(29)49-24-26-9-3-1-4-10-26/h1-22H,23-24H2,(H2,40,41)(H,42,46)(H,47,48). The second kappa shape index (κ2) is 13.5. The summed E-state index contributed by atoms with van der Waals surface area (Å²) in [4.78, 5) is 39.6. The maximum atomic E-state index is 13.4. The number of aromatic carboxylic acids is 1. The van der Waals surface area contributed by atoms with E-state index in [1.165, 1.54) is 12.1 Å². The number of hydrogen-bond donors (Lipinski definition) is 3. The summed E-state index contributed by atoms with van der Waals surface area (Å²) in [6.45, 7) is 0.308. The average Bonchev–Trinajstić information content (AvgIpc) is 3.52. The molecule has 0 fully saturated rings. The average molecular weight is 647 g/mol. The van der Waals surface area contributed by atoms with Gasteiger partial charge in [-0.05, 0) is 59.7 Å². The SMILES string of the molecule is Nc1ncccc1-c1nc2ccc(-c3ccccc3)nc2n1-c1ccc(CNC(=O)c2cccc(C(=O)O)c2OCc2ccccc2)cc1. The van der Waals surface area contributed by atoms with Gasteiger partial charge in [-0.15, -0.1) is 0 Å². The number of amides is 1. The number of imidazole rings is 1. The molecule has 0 bridgehead atoms. The van der Waals surface area contributed by atoms with E-state index >= 15 is 0 Å². The van der Waals surface area contributed by atoms with Crippen molar-refractivity contribution in [1.82, 2.24) is 24.8 Å². The van der Waals surface area contributed by atoms with Gasteiger partial charge in [0.05, 0.1) is 16.8 Å². The minimum atomic E-state index is -1.18. The molecule has 3 heterocycles. The molecule has 0 aliphatic rings. The number of carbonyl (C=O) groups is 2. The topological polar surface area (TPSA) is 145 Å². The zero-order valence-electron chi connectivity index (χ0n) is 26.2. The molecule has 0 saturated heterocycles. The van der Waals surface area contributed by atoms with E-state index in [0.29, 0.717) is 28.4 Å². The Labute approximate surface area is 281 Å². The minimum absolute atomic E-state index is 0.0169. The van der Waals surface area contributed by atoms with Crippen LogP contribution in [0.1, 0.15) is 31.8 Å². The first kappa shape index (κ1) is 30.8. The predicted octanol–water partition coefficient (Wildman–Crippen LogP) is 6.94. The molecule has 0 aliphatic heterocycles. The number of fused-ring (bicyclic) bond motifs is 1. The molecule has 0 unspecified atom stereocenters. The second-order valence-corrected chi connectivity index (χ2v) is 11.2. The molecule has 10 heteroatoms. The summed E-state index contributed by atoms with van der Waals surface area (Å²) in [5.41, 5.74) is 12.6. The number of ether oxygens (including phenoxy) is 1. The highest BCUT2D eigenvalue weighted by Crippen LogP contribution is 2.32. The van der Waals surface area contributed by atoms with Crippen LogP contribution in [0.25, 0.3) is 39.5 Å². The van der Waals surface area contributed by atoms with E-state index < -0.39 is 11.9 Å². The van der Waals surface area contributed by atoms with Crippen molar-refractivity contribution in [3.63, 3.8) is 0 Å². The van der Waals surface area contributed by atoms with Crippen molar-refractivity contribution in [1.29, 1.82) is 0 Å². The van der Waals surface area contributed by atoms with Crippen LogP contribution in [0, 0.1) is 0 Å². The van der Waals surface area contributed by atoms with Crippen LogP contribution < -0.4 is 15.8 Å². The number of rotatable bonds is 10. The molecule has 0 aliphatic carbocycles. The van der Waals surface area contributed by atoms with Gasteiger partial charge >= 0.3 is 5.97 Å². The number of aromatic nitrogens is 4. The van der Waals surface area contributed by atoms with Crippen molar-refractivity contribution in [2.24, 2.45) is 0 Å². The Balaban J connectivity index is 1.17. The first-order chi connectivity index (χ1) is 24.0. The molecule has 7 aromatic rings. The van der Waals surface area contributed by atoms with Gasteiger partial charge in [-0.3, -0.25) is 9.36 Å². The minimum Gasteiger partial charge on any atom is -0.487 e. The summed E-state index contributed by atoms with van der Waals surface area (Å²) in [6, 6.07) is 39.0. The Morgan fingerprint density at radius 1 is 0.755 bits per heavy atom. The molecule has 49 heavy (non-hydrogen) atoms. The molecule has 0 radical (unpaired) electrons. The van der Waals surface area contributed by atoms with Gasteiger partial charge < -0.3 is 20.9 Å². The van der Waals surface area contributed by atoms with Gasteiger partial charge in [-0.25, -0.2) is 19.7 Å². The number of hydrogen-bond acceptors (Lipinski definition) is 7. The van der Waals surface area contributed by atoms with Crippen LogP contribution in [0.5, 0.6) is 5.75 Å². The van der Waals surface area contributed by atoms with Crippen LogP contribution in [0.3, 0.4) is 0 Å². The van der Waals surface area contributed by atoms with E-state index in [2.05, 4.69) is 10.3 Å². The van der Waals surface area contributed by atoms with E-state index in [0.717, 1.165) is 28.1 Å². The molecular weight excluding hydrogens is 616 g/mol. The second-order valence-electron chi connectivity index (χ2n) is 11.2. The fourth-order valence-electron chi connectivity index (χ4n) is 5.57. The van der Waals surface area contributed by atoms with Crippen molar-refractivity contribution in [3.8, 4) is 34.1 Å². The number of nitrogens with one attached hydrogen (secondary N) is 1. The maximum Gasteiger partial charge on any atom is 0.339 e. The Morgan fingerprint density at radius 3 is 2.22 bits per heavy atom. The highest BCUT2D eigenvalue weighted by molar-refractivity contribution is 6.02. The van der Waals surface area contributed by atoms with Gasteiger partial charge in [-0.1, -0.05) is 78.9 Å². The largest absolute Gasteiger partial charge is 0.487 e. The van der Waals surface area contributed by atoms with Crippen LogP contribution >= 0.6 is 0 Å². The van der Waals surface area contributed by atoms with E-state index in [4.69, 9.17) is 20.4 Å². The normalized spacial score (nSPS) is 10.9. The molecular formula is C39H30N6O4. The lowest BCUT2D eigenvalue weighted by molar-refractivity contribution is 0.0691. The molecule has 3 aromatic heterocycles. The Morgan fingerprint density at radius 2 is 1.49 bits per heavy atom. The van der Waals surface area contributed by atoms with Crippen molar-refractivity contribution < 1.29 is 19.4 Å². The van der Waals surface area contributed by atoms with E-state index in [1.54, 1.807) is 12.3 Å². The number of benzene rings is 4. The number of anilines is 1. The van der Waals surface area contributed by atoms with E-state index in [1.807, 2.05) is 114 Å². The monoisotopic (exact) mass is 646 g/mol. The van der Waals surface area contributed by atoms with Crippen molar-refractivity contribution >= 4 is 28.9 Å². The first-order valence-corrected chi connectivity index (χ1v) is 15.5. The number of nitrogen functional groups attached to an aromatic ring is 1. The molecule has 10 nitrogen and oxygen atoms in total. The van der Waals surface area contributed by atoms with Crippen molar-refractivity contribution in [2.45, 2.75) is 13.2 Å². The molecule has 0 atom stereocenters. The fourth-order valence-corrected chi connectivity index (χ4v) is 5.57.